The van der Waals surface area contributed by atoms with Crippen LogP contribution in [0.2, 0.25) is 0 Å². The van der Waals surface area contributed by atoms with E-state index in [9.17, 15) is 4.79 Å². The summed E-state index contributed by atoms with van der Waals surface area (Å²) in [6.07, 6.45) is -0.242. The highest BCUT2D eigenvalue weighted by atomic mass is 79.9. The van der Waals surface area contributed by atoms with Crippen molar-refractivity contribution in [1.82, 2.24) is 0 Å². The fourth-order valence-electron chi connectivity index (χ4n) is 1.87. The Morgan fingerprint density at radius 2 is 2.00 bits per heavy atom. The summed E-state index contributed by atoms with van der Waals surface area (Å²) in [4.78, 5) is 12.4. The van der Waals surface area contributed by atoms with Gasteiger partial charge in [-0.25, -0.2) is 4.79 Å². The fourth-order valence-corrected chi connectivity index (χ4v) is 2.36. The maximum absolute atomic E-state index is 12.4. The molecule has 0 N–H and O–H groups in total. The Hall–Kier alpha value is -0.870. The Labute approximate surface area is 128 Å². The van der Waals surface area contributed by atoms with Crippen LogP contribution in [0, 0.1) is 5.92 Å². The summed E-state index contributed by atoms with van der Waals surface area (Å²) < 4.78 is 12.2. The molecule has 1 aliphatic heterocycles. The Morgan fingerprint density at radius 3 is 2.55 bits per heavy atom. The lowest BCUT2D eigenvalue weighted by atomic mass is 9.94. The molecule has 2 unspecified atom stereocenters. The molecule has 1 aromatic rings. The molecule has 1 aliphatic rings. The van der Waals surface area contributed by atoms with Gasteiger partial charge < -0.3 is 9.47 Å². The average molecular weight is 341 g/mol. The van der Waals surface area contributed by atoms with Gasteiger partial charge in [0.05, 0.1) is 0 Å². The number of ether oxygens (including phenoxy) is 2. The van der Waals surface area contributed by atoms with Crippen LogP contribution < -0.4 is 0 Å². The molecule has 0 saturated carbocycles. The van der Waals surface area contributed by atoms with Crippen molar-refractivity contribution in [3.63, 3.8) is 0 Å². The molecule has 1 heterocycles. The number of carbonyl (C=O) groups excluding carboxylic acids is 1. The van der Waals surface area contributed by atoms with Crippen LogP contribution in [0.15, 0.2) is 28.7 Å². The Morgan fingerprint density at radius 1 is 1.40 bits per heavy atom. The van der Waals surface area contributed by atoms with Gasteiger partial charge >= 0.3 is 5.97 Å². The summed E-state index contributed by atoms with van der Waals surface area (Å²) >= 11 is 3.49. The van der Waals surface area contributed by atoms with Crippen molar-refractivity contribution in [3.8, 4) is 0 Å². The van der Waals surface area contributed by atoms with Gasteiger partial charge in [0.1, 0.15) is 11.7 Å². The van der Waals surface area contributed by atoms with E-state index in [4.69, 9.17) is 9.47 Å². The van der Waals surface area contributed by atoms with Crippen molar-refractivity contribution in [3.05, 3.63) is 34.3 Å². The fraction of sp³-hybridized carbons (Fsp3) is 0.562. The zero-order valence-corrected chi connectivity index (χ0v) is 14.2. The molecular formula is C16H21BrO3. The van der Waals surface area contributed by atoms with Gasteiger partial charge in [0.25, 0.3) is 0 Å². The van der Waals surface area contributed by atoms with Crippen LogP contribution in [0.3, 0.4) is 0 Å². The van der Waals surface area contributed by atoms with E-state index in [-0.39, 0.29) is 18.0 Å². The highest BCUT2D eigenvalue weighted by Crippen LogP contribution is 2.52. The summed E-state index contributed by atoms with van der Waals surface area (Å²) in [6, 6.07) is 7.78. The third-order valence-corrected chi connectivity index (χ3v) is 4.87. The van der Waals surface area contributed by atoms with Gasteiger partial charge in [-0.1, -0.05) is 48.0 Å². The number of rotatable bonds is 4. The third kappa shape index (κ3) is 2.77. The zero-order valence-electron chi connectivity index (χ0n) is 12.6. The van der Waals surface area contributed by atoms with E-state index in [0.717, 1.165) is 10.0 Å². The van der Waals surface area contributed by atoms with Crippen molar-refractivity contribution in [1.29, 1.82) is 0 Å². The van der Waals surface area contributed by atoms with E-state index in [0.29, 0.717) is 0 Å². The minimum atomic E-state index is -0.879. The number of esters is 1. The summed E-state index contributed by atoms with van der Waals surface area (Å²) in [7, 11) is 0. The first-order valence-electron chi connectivity index (χ1n) is 6.84. The van der Waals surface area contributed by atoms with Gasteiger partial charge in [-0.05, 0) is 38.3 Å². The highest BCUT2D eigenvalue weighted by Gasteiger charge is 2.62. The molecular weight excluding hydrogens is 320 g/mol. The lowest BCUT2D eigenvalue weighted by Crippen LogP contribution is -2.38. The van der Waals surface area contributed by atoms with E-state index < -0.39 is 11.2 Å². The monoisotopic (exact) mass is 340 g/mol. The number of hydrogen-bond donors (Lipinski definition) is 0. The van der Waals surface area contributed by atoms with Crippen molar-refractivity contribution in [2.45, 2.75) is 51.9 Å². The Kier molecular flexibility index (Phi) is 4.00. The molecule has 20 heavy (non-hydrogen) atoms. The molecule has 0 radical (unpaired) electrons. The summed E-state index contributed by atoms with van der Waals surface area (Å²) in [5.41, 5.74) is -0.394. The van der Waals surface area contributed by atoms with Gasteiger partial charge in [0.2, 0.25) is 0 Å². The van der Waals surface area contributed by atoms with Crippen LogP contribution in [0.25, 0.3) is 0 Å². The predicted molar refractivity (Wildman–Crippen MR) is 81.4 cm³/mol. The quantitative estimate of drug-likeness (QED) is 0.607. The standard InChI is InChI=1S/C16H21BrO3/c1-10(2)15(3,4)20-14(18)16(5)13(19-16)11-8-6-7-9-12(11)17/h6-10,13H,1-5H3. The van der Waals surface area contributed by atoms with Gasteiger partial charge in [-0.3, -0.25) is 0 Å². The van der Waals surface area contributed by atoms with Crippen LogP contribution in [0.1, 0.15) is 46.3 Å². The molecule has 4 heteroatoms. The Balaban J connectivity index is 2.12. The minimum Gasteiger partial charge on any atom is -0.457 e. The van der Waals surface area contributed by atoms with E-state index in [1.807, 2.05) is 52.0 Å². The van der Waals surface area contributed by atoms with Crippen LogP contribution in [-0.2, 0) is 14.3 Å². The summed E-state index contributed by atoms with van der Waals surface area (Å²) in [5.74, 6) is -0.0485. The van der Waals surface area contributed by atoms with Crippen molar-refractivity contribution < 1.29 is 14.3 Å². The first kappa shape index (κ1) is 15.5. The van der Waals surface area contributed by atoms with Gasteiger partial charge in [-0.2, -0.15) is 0 Å². The number of benzene rings is 1. The van der Waals surface area contributed by atoms with Crippen molar-refractivity contribution >= 4 is 21.9 Å². The van der Waals surface area contributed by atoms with Crippen molar-refractivity contribution in [2.75, 3.05) is 0 Å². The van der Waals surface area contributed by atoms with E-state index in [2.05, 4.69) is 15.9 Å². The first-order valence-corrected chi connectivity index (χ1v) is 7.63. The van der Waals surface area contributed by atoms with Crippen molar-refractivity contribution in [2.24, 2.45) is 5.92 Å². The van der Waals surface area contributed by atoms with Crippen LogP contribution in [-0.4, -0.2) is 17.2 Å². The molecule has 0 aromatic heterocycles. The van der Waals surface area contributed by atoms with Gasteiger partial charge in [0, 0.05) is 4.47 Å². The third-order valence-electron chi connectivity index (χ3n) is 4.14. The molecule has 1 aromatic carbocycles. The molecule has 1 fully saturated rings. The smallest absolute Gasteiger partial charge is 0.341 e. The molecule has 110 valence electrons. The highest BCUT2D eigenvalue weighted by molar-refractivity contribution is 9.10. The van der Waals surface area contributed by atoms with E-state index in [1.165, 1.54) is 0 Å². The number of halogens is 1. The molecule has 0 bridgehead atoms. The summed E-state index contributed by atoms with van der Waals surface area (Å²) in [6.45, 7) is 9.71. The van der Waals surface area contributed by atoms with Crippen LogP contribution in [0.4, 0.5) is 0 Å². The molecule has 2 rings (SSSR count). The molecule has 2 atom stereocenters. The topological polar surface area (TPSA) is 38.8 Å². The molecule has 0 aliphatic carbocycles. The second kappa shape index (κ2) is 5.15. The minimum absolute atomic E-state index is 0.242. The summed E-state index contributed by atoms with van der Waals surface area (Å²) in [5, 5.41) is 0. The van der Waals surface area contributed by atoms with Gasteiger partial charge in [0.15, 0.2) is 5.60 Å². The van der Waals surface area contributed by atoms with E-state index >= 15 is 0 Å². The maximum atomic E-state index is 12.4. The van der Waals surface area contributed by atoms with E-state index in [1.54, 1.807) is 6.92 Å². The molecule has 0 amide bonds. The normalized spacial score (nSPS) is 25.6. The zero-order chi connectivity index (χ0) is 15.1. The number of carbonyl (C=O) groups is 1. The lowest BCUT2D eigenvalue weighted by molar-refractivity contribution is -0.166. The first-order chi connectivity index (χ1) is 9.18. The second-order valence-electron chi connectivity index (χ2n) is 6.27. The lowest BCUT2D eigenvalue weighted by Gasteiger charge is -2.30. The molecule has 3 nitrogen and oxygen atoms in total. The molecule has 1 saturated heterocycles. The maximum Gasteiger partial charge on any atom is 0.341 e. The SMILES string of the molecule is CC(C)C(C)(C)OC(=O)C1(C)OC1c1ccccc1Br. The van der Waals surface area contributed by atoms with Gasteiger partial charge in [-0.15, -0.1) is 0 Å². The van der Waals surface area contributed by atoms with Crippen LogP contribution in [0.5, 0.6) is 0 Å². The average Bonchev–Trinajstić information content (AvgIpc) is 3.03. The molecule has 0 spiro atoms. The van der Waals surface area contributed by atoms with Crippen LogP contribution >= 0.6 is 15.9 Å². The number of hydrogen-bond acceptors (Lipinski definition) is 3. The largest absolute Gasteiger partial charge is 0.457 e. The predicted octanol–water partition coefficient (Wildman–Crippen LogP) is 4.26. The Bertz CT molecular complexity index is 524. The second-order valence-corrected chi connectivity index (χ2v) is 7.13. The number of epoxide rings is 1.